The fourth-order valence-electron chi connectivity index (χ4n) is 0.375. The van der Waals surface area contributed by atoms with Crippen LogP contribution in [0.4, 0.5) is 0 Å². The number of thioether (sulfide) groups is 1. The van der Waals surface area contributed by atoms with Gasteiger partial charge in [0.2, 0.25) is 0 Å². The van der Waals surface area contributed by atoms with Gasteiger partial charge in [0, 0.05) is 5.75 Å². The van der Waals surface area contributed by atoms with Gasteiger partial charge in [0.05, 0.1) is 27.7 Å². The summed E-state index contributed by atoms with van der Waals surface area (Å²) in [5.74, 6) is 0.924. The molecular weight excluding hydrogens is 134 g/mol. The van der Waals surface area contributed by atoms with E-state index in [9.17, 15) is 4.79 Å². The van der Waals surface area contributed by atoms with Crippen molar-refractivity contribution in [3.05, 3.63) is 0 Å². The van der Waals surface area contributed by atoms with E-state index in [0.717, 1.165) is 22.4 Å². The lowest BCUT2D eigenvalue weighted by atomic mass is 10.6. The number of carbonyl (C=O) groups is 1. The van der Waals surface area contributed by atoms with Crippen LogP contribution in [0.2, 0.25) is 0 Å². The quantitative estimate of drug-likeness (QED) is 0.330. The second kappa shape index (κ2) is 3.90. The number of nitrogens with zero attached hydrogens (tertiary/aromatic N) is 1. The minimum Gasteiger partial charge on any atom is -0.330 e. The van der Waals surface area contributed by atoms with Crippen LogP contribution in [0.25, 0.3) is 0 Å². The minimum absolute atomic E-state index is 0.898. The summed E-state index contributed by atoms with van der Waals surface area (Å²) in [6, 6.07) is 0. The van der Waals surface area contributed by atoms with Crippen LogP contribution in [-0.4, -0.2) is 43.5 Å². The Balaban J connectivity index is 3.17. The van der Waals surface area contributed by atoms with Crippen molar-refractivity contribution >= 4 is 17.4 Å². The van der Waals surface area contributed by atoms with E-state index >= 15 is 0 Å². The normalized spacial score (nSPS) is 11.4. The fraction of sp³-hybridized carbons (Fsp3) is 0.833. The molecule has 0 aliphatic carbocycles. The first-order valence-electron chi connectivity index (χ1n) is 2.92. The van der Waals surface area contributed by atoms with Gasteiger partial charge in [-0.3, -0.25) is 4.79 Å². The molecule has 0 aliphatic rings. The van der Waals surface area contributed by atoms with E-state index in [4.69, 9.17) is 0 Å². The first kappa shape index (κ1) is 8.98. The van der Waals surface area contributed by atoms with Gasteiger partial charge in [-0.1, -0.05) is 11.8 Å². The molecule has 2 nitrogen and oxygen atoms in total. The smallest absolute Gasteiger partial charge is 0.176 e. The Morgan fingerprint density at radius 1 is 1.44 bits per heavy atom. The molecule has 0 N–H and O–H groups in total. The van der Waals surface area contributed by atoms with Gasteiger partial charge in [-0.2, -0.15) is 0 Å². The number of hydrogen-bond acceptors (Lipinski definition) is 2. The van der Waals surface area contributed by atoms with E-state index in [-0.39, 0.29) is 0 Å². The average Bonchev–Trinajstić information content (AvgIpc) is 1.63. The molecule has 0 radical (unpaired) electrons. The molecule has 0 amide bonds. The molecule has 54 valence electrons. The Morgan fingerprint density at radius 3 is 2.33 bits per heavy atom. The topological polar surface area (TPSA) is 17.1 Å². The second-order valence-corrected chi connectivity index (χ2v) is 3.91. The molecule has 0 fully saturated rings. The van der Waals surface area contributed by atoms with Crippen molar-refractivity contribution in [2.45, 2.75) is 0 Å². The third-order valence-corrected chi connectivity index (χ3v) is 1.50. The SMILES string of the molecule is C[N+](C)(C)CCSC=O. The van der Waals surface area contributed by atoms with Crippen LogP contribution >= 0.6 is 11.8 Å². The summed E-state index contributed by atoms with van der Waals surface area (Å²) in [7, 11) is 6.35. The van der Waals surface area contributed by atoms with Gasteiger partial charge in [0.15, 0.2) is 5.62 Å². The van der Waals surface area contributed by atoms with Crippen LogP contribution < -0.4 is 0 Å². The maximum atomic E-state index is 9.85. The lowest BCUT2D eigenvalue weighted by molar-refractivity contribution is -0.867. The molecule has 0 aromatic carbocycles. The Morgan fingerprint density at radius 2 is 2.00 bits per heavy atom. The summed E-state index contributed by atoms with van der Waals surface area (Å²) >= 11 is 1.34. The molecule has 0 aromatic rings. The molecule has 0 bridgehead atoms. The molecule has 3 heteroatoms. The van der Waals surface area contributed by atoms with Gasteiger partial charge in [-0.25, -0.2) is 0 Å². The molecule has 0 saturated carbocycles. The number of carbonyl (C=O) groups excluding carboxylic acids is 1. The Kier molecular flexibility index (Phi) is 3.89. The summed E-state index contributed by atoms with van der Waals surface area (Å²) in [6.07, 6.45) is 0. The summed E-state index contributed by atoms with van der Waals surface area (Å²) in [5, 5.41) is 0. The molecular formula is C6H14NOS+. The van der Waals surface area contributed by atoms with Crippen molar-refractivity contribution in [2.75, 3.05) is 33.4 Å². The minimum atomic E-state index is 0.898. The zero-order chi connectivity index (χ0) is 7.33. The molecule has 0 aliphatic heterocycles. The van der Waals surface area contributed by atoms with E-state index in [0.29, 0.717) is 0 Å². The Labute approximate surface area is 60.8 Å². The van der Waals surface area contributed by atoms with E-state index < -0.39 is 0 Å². The maximum absolute atomic E-state index is 9.85. The lowest BCUT2D eigenvalue weighted by Crippen LogP contribution is -2.36. The Bertz CT molecular complexity index is 87.5. The molecule has 0 spiro atoms. The standard InChI is InChI=1S/C6H14NOS/c1-7(2,3)4-5-9-6-8/h6H,4-5H2,1-3H3/q+1. The summed E-state index contributed by atoms with van der Waals surface area (Å²) in [4.78, 5) is 9.85. The van der Waals surface area contributed by atoms with Crippen LogP contribution in [0.15, 0.2) is 0 Å². The Hall–Kier alpha value is -0.0200. The highest BCUT2D eigenvalue weighted by Crippen LogP contribution is 1.97. The van der Waals surface area contributed by atoms with Crippen molar-refractivity contribution in [1.29, 1.82) is 0 Å². The van der Waals surface area contributed by atoms with E-state index in [1.165, 1.54) is 11.8 Å². The van der Waals surface area contributed by atoms with Crippen LogP contribution in [0, 0.1) is 0 Å². The molecule has 0 rings (SSSR count). The first-order valence-corrected chi connectivity index (χ1v) is 3.97. The summed E-state index contributed by atoms with van der Waals surface area (Å²) in [5.41, 5.74) is 0.898. The van der Waals surface area contributed by atoms with Gasteiger partial charge in [-0.05, 0) is 0 Å². The van der Waals surface area contributed by atoms with Crippen LogP contribution in [0.3, 0.4) is 0 Å². The number of hydrogen-bond donors (Lipinski definition) is 0. The van der Waals surface area contributed by atoms with Crippen LogP contribution in [0.1, 0.15) is 0 Å². The van der Waals surface area contributed by atoms with Gasteiger partial charge in [0.1, 0.15) is 0 Å². The van der Waals surface area contributed by atoms with E-state index in [1.54, 1.807) is 0 Å². The van der Waals surface area contributed by atoms with Crippen molar-refractivity contribution < 1.29 is 9.28 Å². The van der Waals surface area contributed by atoms with Crippen molar-refractivity contribution in [1.82, 2.24) is 0 Å². The highest BCUT2D eigenvalue weighted by molar-refractivity contribution is 8.11. The van der Waals surface area contributed by atoms with Crippen molar-refractivity contribution in [3.63, 3.8) is 0 Å². The van der Waals surface area contributed by atoms with Gasteiger partial charge in [0.25, 0.3) is 0 Å². The molecule has 0 atom stereocenters. The molecule has 0 heterocycles. The first-order chi connectivity index (χ1) is 4.06. The van der Waals surface area contributed by atoms with E-state index in [2.05, 4.69) is 21.1 Å². The third-order valence-electron chi connectivity index (χ3n) is 0.948. The maximum Gasteiger partial charge on any atom is 0.176 e. The largest absolute Gasteiger partial charge is 0.330 e. The zero-order valence-corrected chi connectivity index (χ0v) is 7.07. The van der Waals surface area contributed by atoms with Crippen molar-refractivity contribution in [3.8, 4) is 0 Å². The highest BCUT2D eigenvalue weighted by Gasteiger charge is 2.04. The predicted molar refractivity (Wildman–Crippen MR) is 42.1 cm³/mol. The van der Waals surface area contributed by atoms with Crippen molar-refractivity contribution in [2.24, 2.45) is 0 Å². The monoisotopic (exact) mass is 148 g/mol. The number of rotatable bonds is 4. The van der Waals surface area contributed by atoms with Crippen LogP contribution in [0.5, 0.6) is 0 Å². The predicted octanol–water partition coefficient (Wildman–Crippen LogP) is 0.616. The zero-order valence-electron chi connectivity index (χ0n) is 6.26. The second-order valence-electron chi connectivity index (χ2n) is 2.98. The lowest BCUT2D eigenvalue weighted by Gasteiger charge is -2.22. The number of quaternary nitrogens is 1. The highest BCUT2D eigenvalue weighted by atomic mass is 32.2. The fourth-order valence-corrected chi connectivity index (χ4v) is 1.12. The van der Waals surface area contributed by atoms with Gasteiger partial charge < -0.3 is 4.48 Å². The summed E-state index contributed by atoms with van der Waals surface area (Å²) in [6.45, 7) is 1.05. The van der Waals surface area contributed by atoms with E-state index in [1.807, 2.05) is 0 Å². The summed E-state index contributed by atoms with van der Waals surface area (Å²) < 4.78 is 0.931. The molecule has 0 unspecified atom stereocenters. The molecule has 0 saturated heterocycles. The molecule has 0 aromatic heterocycles. The third kappa shape index (κ3) is 7.98. The average molecular weight is 148 g/mol. The molecule has 9 heavy (non-hydrogen) atoms. The van der Waals surface area contributed by atoms with Gasteiger partial charge in [-0.15, -0.1) is 0 Å². The van der Waals surface area contributed by atoms with Crippen LogP contribution in [-0.2, 0) is 4.79 Å². The van der Waals surface area contributed by atoms with Gasteiger partial charge >= 0.3 is 0 Å².